The summed E-state index contributed by atoms with van der Waals surface area (Å²) in [5.74, 6) is -2.28. The molecule has 0 fully saturated rings. The van der Waals surface area contributed by atoms with E-state index in [1.54, 1.807) is 0 Å². The third kappa shape index (κ3) is 3.18. The van der Waals surface area contributed by atoms with Gasteiger partial charge in [-0.2, -0.15) is 0 Å². The van der Waals surface area contributed by atoms with Crippen LogP contribution in [0.3, 0.4) is 0 Å². The average molecular weight is 230 g/mol. The van der Waals surface area contributed by atoms with Gasteiger partial charge in [-0.15, -0.1) is 0 Å². The lowest BCUT2D eigenvalue weighted by Gasteiger charge is -2.06. The Bertz CT molecular complexity index is 368. The van der Waals surface area contributed by atoms with Crippen LogP contribution in [0.4, 0.5) is 8.78 Å². The molecule has 0 saturated heterocycles. The van der Waals surface area contributed by atoms with Crippen LogP contribution in [0, 0.1) is 11.6 Å². The Balaban J connectivity index is 2.76. The van der Waals surface area contributed by atoms with Crippen molar-refractivity contribution in [2.45, 2.75) is 19.3 Å². The zero-order valence-corrected chi connectivity index (χ0v) is 8.80. The minimum atomic E-state index is -0.977. The summed E-state index contributed by atoms with van der Waals surface area (Å²) in [5.41, 5.74) is -0.0953. The maximum Gasteiger partial charge on any atom is 0.303 e. The monoisotopic (exact) mass is 230 g/mol. The molecule has 0 unspecified atom stereocenters. The van der Waals surface area contributed by atoms with E-state index in [0.717, 1.165) is 12.1 Å². The third-order valence-electron chi connectivity index (χ3n) is 2.17. The lowest BCUT2D eigenvalue weighted by Crippen LogP contribution is -2.00. The Morgan fingerprint density at radius 2 is 1.94 bits per heavy atom. The molecule has 0 bridgehead atoms. The van der Waals surface area contributed by atoms with E-state index in [1.165, 1.54) is 7.11 Å². The lowest BCUT2D eigenvalue weighted by atomic mass is 10.1. The number of methoxy groups -OCH3 is 1. The number of aliphatic carboxylic acids is 1. The normalized spacial score (nSPS) is 10.2. The SMILES string of the molecule is COc1cc(F)c(CCCC(=O)O)c(F)c1. The van der Waals surface area contributed by atoms with Gasteiger partial charge >= 0.3 is 5.97 Å². The van der Waals surface area contributed by atoms with Gasteiger partial charge in [0.1, 0.15) is 17.4 Å². The highest BCUT2D eigenvalue weighted by atomic mass is 19.1. The minimum absolute atomic E-state index is 0.0635. The zero-order chi connectivity index (χ0) is 12.1. The smallest absolute Gasteiger partial charge is 0.303 e. The lowest BCUT2D eigenvalue weighted by molar-refractivity contribution is -0.137. The van der Waals surface area contributed by atoms with Crippen LogP contribution in [0.15, 0.2) is 12.1 Å². The molecule has 5 heteroatoms. The van der Waals surface area contributed by atoms with Crippen LogP contribution in [0.25, 0.3) is 0 Å². The Morgan fingerprint density at radius 1 is 1.38 bits per heavy atom. The molecule has 0 aliphatic rings. The van der Waals surface area contributed by atoms with E-state index >= 15 is 0 Å². The number of carboxylic acids is 1. The van der Waals surface area contributed by atoms with Crippen molar-refractivity contribution < 1.29 is 23.4 Å². The molecule has 0 amide bonds. The molecule has 1 aromatic carbocycles. The van der Waals surface area contributed by atoms with Gasteiger partial charge in [-0.25, -0.2) is 8.78 Å². The fourth-order valence-electron chi connectivity index (χ4n) is 1.35. The molecule has 1 N–H and O–H groups in total. The number of hydrogen-bond acceptors (Lipinski definition) is 2. The Labute approximate surface area is 91.7 Å². The summed E-state index contributed by atoms with van der Waals surface area (Å²) in [4.78, 5) is 10.3. The summed E-state index contributed by atoms with van der Waals surface area (Å²) in [7, 11) is 1.32. The van der Waals surface area contributed by atoms with Crippen LogP contribution in [-0.4, -0.2) is 18.2 Å². The molecule has 1 rings (SSSR count). The van der Waals surface area contributed by atoms with Gasteiger partial charge in [0, 0.05) is 24.1 Å². The summed E-state index contributed by atoms with van der Waals surface area (Å²) >= 11 is 0. The average Bonchev–Trinajstić information content (AvgIpc) is 2.21. The first kappa shape index (κ1) is 12.4. The van der Waals surface area contributed by atoms with E-state index in [0.29, 0.717) is 0 Å². The Kier molecular flexibility index (Phi) is 4.22. The van der Waals surface area contributed by atoms with E-state index in [4.69, 9.17) is 9.84 Å². The van der Waals surface area contributed by atoms with Gasteiger partial charge in [0.15, 0.2) is 0 Å². The molecule has 0 spiro atoms. The highest BCUT2D eigenvalue weighted by Gasteiger charge is 2.11. The summed E-state index contributed by atoms with van der Waals surface area (Å²) in [6.45, 7) is 0. The second-order valence-corrected chi connectivity index (χ2v) is 3.32. The molecular formula is C11H12F2O3. The number of carbonyl (C=O) groups is 1. The van der Waals surface area contributed by atoms with Gasteiger partial charge < -0.3 is 9.84 Å². The molecule has 0 radical (unpaired) electrons. The van der Waals surface area contributed by atoms with Crippen LogP contribution >= 0.6 is 0 Å². The van der Waals surface area contributed by atoms with E-state index < -0.39 is 17.6 Å². The van der Waals surface area contributed by atoms with Crippen LogP contribution in [0.2, 0.25) is 0 Å². The Hall–Kier alpha value is -1.65. The van der Waals surface area contributed by atoms with Crippen LogP contribution < -0.4 is 4.74 Å². The van der Waals surface area contributed by atoms with Crippen LogP contribution in [-0.2, 0) is 11.2 Å². The van der Waals surface area contributed by atoms with Gasteiger partial charge in [0.25, 0.3) is 0 Å². The second kappa shape index (κ2) is 5.44. The van der Waals surface area contributed by atoms with Crippen molar-refractivity contribution in [3.8, 4) is 5.75 Å². The number of hydrogen-bond donors (Lipinski definition) is 1. The molecular weight excluding hydrogens is 218 g/mol. The van der Waals surface area contributed by atoms with Gasteiger partial charge in [0.2, 0.25) is 0 Å². The summed E-state index contributed by atoms with van der Waals surface area (Å²) in [6.07, 6.45) is 0.161. The summed E-state index contributed by atoms with van der Waals surface area (Å²) in [6, 6.07) is 2.17. The highest BCUT2D eigenvalue weighted by Crippen LogP contribution is 2.21. The van der Waals surface area contributed by atoms with Gasteiger partial charge in [-0.05, 0) is 12.8 Å². The fraction of sp³-hybridized carbons (Fsp3) is 0.364. The molecule has 0 saturated carbocycles. The number of halogens is 2. The summed E-state index contributed by atoms with van der Waals surface area (Å²) in [5, 5.41) is 8.40. The van der Waals surface area contributed by atoms with Crippen molar-refractivity contribution in [3.63, 3.8) is 0 Å². The fourth-order valence-corrected chi connectivity index (χ4v) is 1.35. The van der Waals surface area contributed by atoms with E-state index in [2.05, 4.69) is 0 Å². The quantitative estimate of drug-likeness (QED) is 0.844. The first-order valence-corrected chi connectivity index (χ1v) is 4.78. The first-order chi connectivity index (χ1) is 7.54. The van der Waals surface area contributed by atoms with Crippen LogP contribution in [0.1, 0.15) is 18.4 Å². The largest absolute Gasteiger partial charge is 0.497 e. The third-order valence-corrected chi connectivity index (χ3v) is 2.17. The molecule has 0 aliphatic carbocycles. The zero-order valence-electron chi connectivity index (χ0n) is 8.80. The van der Waals surface area contributed by atoms with E-state index in [1.807, 2.05) is 0 Å². The maximum atomic E-state index is 13.4. The second-order valence-electron chi connectivity index (χ2n) is 3.32. The molecule has 1 aromatic rings. The predicted molar refractivity (Wildman–Crippen MR) is 53.5 cm³/mol. The molecule has 0 aromatic heterocycles. The number of rotatable bonds is 5. The minimum Gasteiger partial charge on any atom is -0.497 e. The van der Waals surface area contributed by atoms with Crippen molar-refractivity contribution in [1.29, 1.82) is 0 Å². The standard InChI is InChI=1S/C11H12F2O3/c1-16-7-5-9(12)8(10(13)6-7)3-2-4-11(14)15/h5-6H,2-4H2,1H3,(H,14,15). The van der Waals surface area contributed by atoms with E-state index in [9.17, 15) is 13.6 Å². The number of benzene rings is 1. The van der Waals surface area contributed by atoms with Crippen molar-refractivity contribution in [2.24, 2.45) is 0 Å². The molecule has 3 nitrogen and oxygen atoms in total. The van der Waals surface area contributed by atoms with Gasteiger partial charge in [-0.1, -0.05) is 0 Å². The number of carboxylic acid groups (broad SMARTS) is 1. The molecule has 88 valence electrons. The molecule has 0 atom stereocenters. The van der Waals surface area contributed by atoms with E-state index in [-0.39, 0.29) is 30.6 Å². The van der Waals surface area contributed by atoms with Crippen molar-refractivity contribution in [1.82, 2.24) is 0 Å². The Morgan fingerprint density at radius 3 is 2.38 bits per heavy atom. The maximum absolute atomic E-state index is 13.4. The van der Waals surface area contributed by atoms with Gasteiger partial charge in [-0.3, -0.25) is 4.79 Å². The summed E-state index contributed by atoms with van der Waals surface area (Å²) < 4.78 is 31.4. The van der Waals surface area contributed by atoms with Gasteiger partial charge in [0.05, 0.1) is 7.11 Å². The number of ether oxygens (including phenoxy) is 1. The topological polar surface area (TPSA) is 46.5 Å². The van der Waals surface area contributed by atoms with Crippen LogP contribution in [0.5, 0.6) is 5.75 Å². The molecule has 16 heavy (non-hydrogen) atoms. The molecule has 0 aliphatic heterocycles. The van der Waals surface area contributed by atoms with Crippen molar-refractivity contribution >= 4 is 5.97 Å². The van der Waals surface area contributed by atoms with Crippen molar-refractivity contribution in [2.75, 3.05) is 7.11 Å². The highest BCUT2D eigenvalue weighted by molar-refractivity contribution is 5.66. The first-order valence-electron chi connectivity index (χ1n) is 4.78. The molecule has 0 heterocycles. The van der Waals surface area contributed by atoms with Crippen molar-refractivity contribution in [3.05, 3.63) is 29.3 Å². The predicted octanol–water partition coefficient (Wildman–Crippen LogP) is 2.38.